The van der Waals surface area contributed by atoms with E-state index in [0.717, 1.165) is 24.6 Å². The number of hydrogen-bond acceptors (Lipinski definition) is 5. The third kappa shape index (κ3) is 4.22. The number of aromatic nitrogens is 1. The molecule has 1 aliphatic heterocycles. The van der Waals surface area contributed by atoms with E-state index in [4.69, 9.17) is 9.47 Å². The van der Waals surface area contributed by atoms with Crippen molar-refractivity contribution in [3.63, 3.8) is 0 Å². The van der Waals surface area contributed by atoms with E-state index in [2.05, 4.69) is 15.6 Å². The monoisotopic (exact) mass is 389 g/mol. The number of amides is 1. The van der Waals surface area contributed by atoms with Gasteiger partial charge in [0.1, 0.15) is 23.2 Å². The van der Waals surface area contributed by atoms with Crippen LogP contribution in [0.2, 0.25) is 0 Å². The summed E-state index contributed by atoms with van der Waals surface area (Å²) < 4.78 is 37.8. The molecule has 1 saturated carbocycles. The van der Waals surface area contributed by atoms with Crippen molar-refractivity contribution in [2.24, 2.45) is 5.92 Å². The molecule has 1 saturated heterocycles. The van der Waals surface area contributed by atoms with Gasteiger partial charge in [-0.3, -0.25) is 4.79 Å². The van der Waals surface area contributed by atoms with Crippen LogP contribution < -0.4 is 15.4 Å². The first-order chi connectivity index (χ1) is 13.5. The Bertz CT molecular complexity index is 869. The molecule has 1 aromatic heterocycles. The van der Waals surface area contributed by atoms with Gasteiger partial charge in [0.15, 0.2) is 5.69 Å². The van der Waals surface area contributed by atoms with Crippen molar-refractivity contribution < 1.29 is 23.0 Å². The quantitative estimate of drug-likeness (QED) is 0.792. The summed E-state index contributed by atoms with van der Waals surface area (Å²) >= 11 is 0. The summed E-state index contributed by atoms with van der Waals surface area (Å²) in [5.74, 6) is -0.591. The fraction of sp³-hybridized carbons (Fsp3) is 0.400. The molecule has 1 aromatic carbocycles. The standard InChI is InChI=1S/C20H21F2N3O3/c1-27-16-4-5-18(23-14-7-12(21)6-13(22)8-14)25-19(16)20(26)24-15-9-17(28-10-15)11-2-3-11/h4-8,11,15,17H,2-3,9-10H2,1H3,(H,23,25)(H,24,26). The molecule has 0 spiro atoms. The van der Waals surface area contributed by atoms with E-state index >= 15 is 0 Å². The Balaban J connectivity index is 1.48. The number of carbonyl (C=O) groups excluding carboxylic acids is 1. The van der Waals surface area contributed by atoms with Crippen LogP contribution in [-0.2, 0) is 4.74 Å². The predicted molar refractivity (Wildman–Crippen MR) is 98.8 cm³/mol. The van der Waals surface area contributed by atoms with Gasteiger partial charge in [-0.2, -0.15) is 0 Å². The molecule has 2 fully saturated rings. The van der Waals surface area contributed by atoms with Gasteiger partial charge in [-0.15, -0.1) is 0 Å². The first-order valence-corrected chi connectivity index (χ1v) is 9.22. The van der Waals surface area contributed by atoms with Crippen LogP contribution >= 0.6 is 0 Å². The lowest BCUT2D eigenvalue weighted by molar-refractivity contribution is 0.0862. The maximum absolute atomic E-state index is 13.4. The first-order valence-electron chi connectivity index (χ1n) is 9.22. The number of benzene rings is 1. The number of nitrogens with one attached hydrogen (secondary N) is 2. The molecule has 2 unspecified atom stereocenters. The molecule has 1 amide bonds. The van der Waals surface area contributed by atoms with Gasteiger partial charge < -0.3 is 20.1 Å². The van der Waals surface area contributed by atoms with Crippen LogP contribution in [-0.4, -0.2) is 36.8 Å². The summed E-state index contributed by atoms with van der Waals surface area (Å²) in [7, 11) is 1.45. The molecule has 6 nitrogen and oxygen atoms in total. The zero-order chi connectivity index (χ0) is 19.7. The molecule has 0 radical (unpaired) electrons. The molecule has 1 aliphatic carbocycles. The van der Waals surface area contributed by atoms with Crippen molar-refractivity contribution in [3.8, 4) is 5.75 Å². The van der Waals surface area contributed by atoms with Crippen LogP contribution in [0.3, 0.4) is 0 Å². The lowest BCUT2D eigenvalue weighted by Gasteiger charge is -2.14. The fourth-order valence-corrected chi connectivity index (χ4v) is 3.42. The second-order valence-electron chi connectivity index (χ2n) is 7.15. The highest BCUT2D eigenvalue weighted by molar-refractivity contribution is 5.95. The van der Waals surface area contributed by atoms with Crippen molar-refractivity contribution in [1.29, 1.82) is 0 Å². The van der Waals surface area contributed by atoms with Crippen LogP contribution in [0.1, 0.15) is 29.8 Å². The van der Waals surface area contributed by atoms with Gasteiger partial charge in [-0.05, 0) is 49.4 Å². The van der Waals surface area contributed by atoms with Crippen molar-refractivity contribution in [1.82, 2.24) is 10.3 Å². The molecule has 2 aliphatic rings. The van der Waals surface area contributed by atoms with Crippen molar-refractivity contribution in [2.75, 3.05) is 19.0 Å². The van der Waals surface area contributed by atoms with Gasteiger partial charge in [-0.1, -0.05) is 0 Å². The van der Waals surface area contributed by atoms with Gasteiger partial charge >= 0.3 is 0 Å². The first kappa shape index (κ1) is 18.6. The average Bonchev–Trinajstić information content (AvgIpc) is 3.40. The van der Waals surface area contributed by atoms with E-state index < -0.39 is 11.6 Å². The average molecular weight is 389 g/mol. The Kier molecular flexibility index (Phi) is 5.13. The number of halogens is 2. The Morgan fingerprint density at radius 1 is 1.21 bits per heavy atom. The molecule has 148 valence electrons. The van der Waals surface area contributed by atoms with Gasteiger partial charge in [0, 0.05) is 11.8 Å². The zero-order valence-electron chi connectivity index (χ0n) is 15.4. The van der Waals surface area contributed by atoms with Crippen LogP contribution in [0.5, 0.6) is 5.75 Å². The van der Waals surface area contributed by atoms with Crippen molar-refractivity contribution in [2.45, 2.75) is 31.4 Å². The minimum Gasteiger partial charge on any atom is -0.494 e. The zero-order valence-corrected chi connectivity index (χ0v) is 15.4. The largest absolute Gasteiger partial charge is 0.494 e. The molecule has 0 bridgehead atoms. The summed E-state index contributed by atoms with van der Waals surface area (Å²) in [6.07, 6.45) is 3.39. The van der Waals surface area contributed by atoms with E-state index in [1.165, 1.54) is 20.0 Å². The van der Waals surface area contributed by atoms with Crippen LogP contribution in [0.25, 0.3) is 0 Å². The lowest BCUT2D eigenvalue weighted by atomic mass is 10.1. The third-order valence-corrected chi connectivity index (χ3v) is 4.94. The van der Waals surface area contributed by atoms with E-state index in [1.54, 1.807) is 12.1 Å². The molecular formula is C20H21F2N3O3. The molecule has 8 heteroatoms. The minimum absolute atomic E-state index is 0.0708. The maximum atomic E-state index is 13.4. The highest BCUT2D eigenvalue weighted by atomic mass is 19.1. The van der Waals surface area contributed by atoms with Crippen molar-refractivity contribution >= 4 is 17.4 Å². The topological polar surface area (TPSA) is 72.5 Å². The smallest absolute Gasteiger partial charge is 0.274 e. The highest BCUT2D eigenvalue weighted by Crippen LogP contribution is 2.38. The summed E-state index contributed by atoms with van der Waals surface area (Å²) in [6, 6.07) is 6.15. The number of hydrogen-bond donors (Lipinski definition) is 2. The van der Waals surface area contributed by atoms with E-state index in [9.17, 15) is 13.6 Å². The third-order valence-electron chi connectivity index (χ3n) is 4.94. The number of carbonyl (C=O) groups is 1. The van der Waals surface area contributed by atoms with Gasteiger partial charge in [-0.25, -0.2) is 13.8 Å². The Morgan fingerprint density at radius 2 is 1.96 bits per heavy atom. The minimum atomic E-state index is -0.708. The molecule has 2 heterocycles. The second kappa shape index (κ2) is 7.71. The summed E-state index contributed by atoms with van der Waals surface area (Å²) in [6.45, 7) is 0.482. The van der Waals surface area contributed by atoms with Crippen molar-refractivity contribution in [3.05, 3.63) is 47.7 Å². The molecule has 4 rings (SSSR count). The van der Waals surface area contributed by atoms with E-state index in [-0.39, 0.29) is 35.3 Å². The van der Waals surface area contributed by atoms with E-state index in [0.29, 0.717) is 18.3 Å². The number of nitrogens with zero attached hydrogens (tertiary/aromatic N) is 1. The number of rotatable bonds is 6. The summed E-state index contributed by atoms with van der Waals surface area (Å²) in [5, 5.41) is 5.74. The summed E-state index contributed by atoms with van der Waals surface area (Å²) in [5.41, 5.74) is 0.289. The summed E-state index contributed by atoms with van der Waals surface area (Å²) in [4.78, 5) is 17.0. The van der Waals surface area contributed by atoms with Crippen LogP contribution in [0.15, 0.2) is 30.3 Å². The molecule has 28 heavy (non-hydrogen) atoms. The fourth-order valence-electron chi connectivity index (χ4n) is 3.42. The number of pyridine rings is 1. The van der Waals surface area contributed by atoms with Gasteiger partial charge in [0.2, 0.25) is 0 Å². The Morgan fingerprint density at radius 3 is 2.64 bits per heavy atom. The molecule has 2 atom stereocenters. The highest BCUT2D eigenvalue weighted by Gasteiger charge is 2.38. The normalized spacial score (nSPS) is 21.4. The van der Waals surface area contributed by atoms with E-state index in [1.807, 2.05) is 0 Å². The Hall–Kier alpha value is -2.74. The number of anilines is 2. The van der Waals surface area contributed by atoms with Crippen LogP contribution in [0.4, 0.5) is 20.3 Å². The Labute approximate surface area is 161 Å². The van der Waals surface area contributed by atoms with Crippen LogP contribution in [0, 0.1) is 17.6 Å². The van der Waals surface area contributed by atoms with Gasteiger partial charge in [0.05, 0.1) is 25.9 Å². The molecule has 2 N–H and O–H groups in total. The molecule has 2 aromatic rings. The lowest BCUT2D eigenvalue weighted by Crippen LogP contribution is -2.36. The number of ether oxygens (including phenoxy) is 2. The second-order valence-corrected chi connectivity index (χ2v) is 7.15. The predicted octanol–water partition coefficient (Wildman–Crippen LogP) is 3.41. The SMILES string of the molecule is COc1ccc(Nc2cc(F)cc(F)c2)nc1C(=O)NC1COC(C2CC2)C1. The number of methoxy groups -OCH3 is 1. The molecular weight excluding hydrogens is 368 g/mol. The van der Waals surface area contributed by atoms with Gasteiger partial charge in [0.25, 0.3) is 5.91 Å². The maximum Gasteiger partial charge on any atom is 0.274 e.